The predicted octanol–water partition coefficient (Wildman–Crippen LogP) is 4.41. The number of para-hydroxylation sites is 1. The van der Waals surface area contributed by atoms with Crippen LogP contribution < -0.4 is 10.1 Å². The number of carbonyl (C=O) groups is 1. The second-order valence-corrected chi connectivity index (χ2v) is 10.2. The third-order valence-electron chi connectivity index (χ3n) is 5.23. The van der Waals surface area contributed by atoms with Gasteiger partial charge in [0.15, 0.2) is 15.5 Å². The number of benzene rings is 2. The van der Waals surface area contributed by atoms with Gasteiger partial charge in [0.1, 0.15) is 11.5 Å². The van der Waals surface area contributed by atoms with Crippen molar-refractivity contribution < 1.29 is 17.9 Å². The predicted molar refractivity (Wildman–Crippen MR) is 120 cm³/mol. The van der Waals surface area contributed by atoms with E-state index in [2.05, 4.69) is 10.4 Å². The van der Waals surface area contributed by atoms with Gasteiger partial charge in [0.2, 0.25) is 0 Å². The number of amides is 1. The van der Waals surface area contributed by atoms with Crippen LogP contribution >= 0.6 is 0 Å². The Bertz CT molecular complexity index is 1170. The smallest absolute Gasteiger partial charge is 0.276 e. The molecule has 8 heteroatoms. The first kappa shape index (κ1) is 21.1. The summed E-state index contributed by atoms with van der Waals surface area (Å²) in [5.74, 6) is 1.41. The van der Waals surface area contributed by atoms with Crippen LogP contribution in [0.1, 0.15) is 48.4 Å². The Morgan fingerprint density at radius 1 is 1.10 bits per heavy atom. The van der Waals surface area contributed by atoms with Crippen molar-refractivity contribution in [2.75, 3.05) is 16.8 Å². The van der Waals surface area contributed by atoms with Crippen LogP contribution in [0.3, 0.4) is 0 Å². The number of hydrogen-bond acceptors (Lipinski definition) is 5. The normalized spacial score (nSPS) is 17.6. The number of hydrogen-bond donors (Lipinski definition) is 1. The summed E-state index contributed by atoms with van der Waals surface area (Å²) in [4.78, 5) is 12.8. The van der Waals surface area contributed by atoms with E-state index in [9.17, 15) is 13.2 Å². The van der Waals surface area contributed by atoms with Crippen molar-refractivity contribution in [3.63, 3.8) is 0 Å². The lowest BCUT2D eigenvalue weighted by Crippen LogP contribution is -2.17. The van der Waals surface area contributed by atoms with Crippen LogP contribution in [-0.4, -0.2) is 35.6 Å². The van der Waals surface area contributed by atoms with Gasteiger partial charge in [-0.1, -0.05) is 32.0 Å². The Morgan fingerprint density at radius 3 is 2.39 bits per heavy atom. The van der Waals surface area contributed by atoms with Crippen LogP contribution in [0, 0.1) is 0 Å². The van der Waals surface area contributed by atoms with Gasteiger partial charge >= 0.3 is 0 Å². The molecule has 31 heavy (non-hydrogen) atoms. The highest BCUT2D eigenvalue weighted by molar-refractivity contribution is 7.91. The fourth-order valence-corrected chi connectivity index (χ4v) is 5.33. The van der Waals surface area contributed by atoms with E-state index in [1.54, 1.807) is 35.0 Å². The van der Waals surface area contributed by atoms with Gasteiger partial charge in [0, 0.05) is 11.4 Å². The molecule has 1 unspecified atom stereocenters. The van der Waals surface area contributed by atoms with E-state index >= 15 is 0 Å². The van der Waals surface area contributed by atoms with Gasteiger partial charge in [-0.3, -0.25) is 9.48 Å². The molecular weight excluding hydrogens is 414 g/mol. The maximum Gasteiger partial charge on any atom is 0.276 e. The number of anilines is 1. The Labute approximate surface area is 182 Å². The number of nitrogens with one attached hydrogen (secondary N) is 1. The van der Waals surface area contributed by atoms with E-state index in [-0.39, 0.29) is 35.1 Å². The molecule has 1 amide bonds. The largest absolute Gasteiger partial charge is 0.457 e. The molecular formula is C23H25N3O4S. The molecule has 0 radical (unpaired) electrons. The molecule has 1 aliphatic heterocycles. The molecule has 7 nitrogen and oxygen atoms in total. The molecule has 0 bridgehead atoms. The maximum absolute atomic E-state index is 12.8. The highest BCUT2D eigenvalue weighted by atomic mass is 32.2. The van der Waals surface area contributed by atoms with E-state index < -0.39 is 9.84 Å². The molecule has 0 aliphatic carbocycles. The molecule has 3 aromatic rings. The molecule has 162 valence electrons. The van der Waals surface area contributed by atoms with Crippen molar-refractivity contribution in [2.45, 2.75) is 32.2 Å². The zero-order valence-electron chi connectivity index (χ0n) is 17.5. The molecule has 1 aliphatic rings. The van der Waals surface area contributed by atoms with Gasteiger partial charge in [-0.2, -0.15) is 5.10 Å². The van der Waals surface area contributed by atoms with Crippen molar-refractivity contribution in [1.29, 1.82) is 0 Å². The summed E-state index contributed by atoms with van der Waals surface area (Å²) in [6.45, 7) is 4.01. The second kappa shape index (κ2) is 8.55. The Kier molecular flexibility index (Phi) is 5.82. The Hall–Kier alpha value is -3.13. The molecule has 1 saturated heterocycles. The second-order valence-electron chi connectivity index (χ2n) is 8.00. The molecule has 1 atom stereocenters. The number of aromatic nitrogens is 2. The van der Waals surface area contributed by atoms with Gasteiger partial charge in [-0.05, 0) is 54.8 Å². The lowest BCUT2D eigenvalue weighted by molar-refractivity contribution is 0.102. The minimum absolute atomic E-state index is 0.0678. The highest BCUT2D eigenvalue weighted by Gasteiger charge is 2.32. The lowest BCUT2D eigenvalue weighted by Gasteiger charge is -2.15. The lowest BCUT2D eigenvalue weighted by atomic mass is 10.1. The van der Waals surface area contributed by atoms with Crippen LogP contribution in [0.25, 0.3) is 0 Å². The maximum atomic E-state index is 12.8. The van der Waals surface area contributed by atoms with Crippen LogP contribution in [0.5, 0.6) is 11.5 Å². The number of rotatable bonds is 6. The summed E-state index contributed by atoms with van der Waals surface area (Å²) in [5, 5.41) is 7.31. The fraction of sp³-hybridized carbons (Fsp3) is 0.304. The van der Waals surface area contributed by atoms with E-state index in [1.165, 1.54) is 0 Å². The zero-order chi connectivity index (χ0) is 22.0. The Balaban J connectivity index is 1.48. The highest BCUT2D eigenvalue weighted by Crippen LogP contribution is 2.28. The molecule has 1 fully saturated rings. The van der Waals surface area contributed by atoms with Crippen molar-refractivity contribution in [1.82, 2.24) is 9.78 Å². The third kappa shape index (κ3) is 4.96. The monoisotopic (exact) mass is 439 g/mol. The van der Waals surface area contributed by atoms with Crippen molar-refractivity contribution in [3.05, 3.63) is 72.1 Å². The summed E-state index contributed by atoms with van der Waals surface area (Å²) in [6.07, 6.45) is 0.521. The first-order valence-corrected chi connectivity index (χ1v) is 12.1. The molecule has 1 aromatic heterocycles. The summed E-state index contributed by atoms with van der Waals surface area (Å²) in [7, 11) is -3.05. The van der Waals surface area contributed by atoms with Gasteiger partial charge in [0.05, 0.1) is 17.5 Å². The van der Waals surface area contributed by atoms with Crippen LogP contribution in [0.2, 0.25) is 0 Å². The summed E-state index contributed by atoms with van der Waals surface area (Å²) >= 11 is 0. The van der Waals surface area contributed by atoms with Crippen molar-refractivity contribution >= 4 is 21.4 Å². The SMILES string of the molecule is CC(C)c1cc(C(=O)Nc2ccc(Oc3ccccc3)cc2)nn1C1CCS(=O)(=O)C1. The van der Waals surface area contributed by atoms with Gasteiger partial charge < -0.3 is 10.1 Å². The zero-order valence-corrected chi connectivity index (χ0v) is 18.3. The molecule has 0 spiro atoms. The van der Waals surface area contributed by atoms with Gasteiger partial charge in [0.25, 0.3) is 5.91 Å². The van der Waals surface area contributed by atoms with Crippen molar-refractivity contribution in [2.24, 2.45) is 0 Å². The minimum atomic E-state index is -3.05. The number of carbonyl (C=O) groups excluding carboxylic acids is 1. The van der Waals surface area contributed by atoms with Crippen LogP contribution in [0.15, 0.2) is 60.7 Å². The number of ether oxygens (including phenoxy) is 1. The minimum Gasteiger partial charge on any atom is -0.457 e. The molecule has 2 heterocycles. The fourth-order valence-electron chi connectivity index (χ4n) is 3.64. The number of sulfone groups is 1. The van der Waals surface area contributed by atoms with E-state index in [0.717, 1.165) is 11.4 Å². The van der Waals surface area contributed by atoms with E-state index in [4.69, 9.17) is 4.74 Å². The quantitative estimate of drug-likeness (QED) is 0.614. The average Bonchev–Trinajstić information content (AvgIpc) is 3.34. The number of nitrogens with zero attached hydrogens (tertiary/aromatic N) is 2. The summed E-state index contributed by atoms with van der Waals surface area (Å²) in [5.41, 5.74) is 1.76. The molecule has 1 N–H and O–H groups in total. The molecule has 4 rings (SSSR count). The van der Waals surface area contributed by atoms with Gasteiger partial charge in [-0.25, -0.2) is 8.42 Å². The van der Waals surface area contributed by atoms with Crippen LogP contribution in [0.4, 0.5) is 5.69 Å². The molecule has 2 aromatic carbocycles. The van der Waals surface area contributed by atoms with Crippen LogP contribution in [-0.2, 0) is 9.84 Å². The first-order valence-electron chi connectivity index (χ1n) is 10.2. The summed E-state index contributed by atoms with van der Waals surface area (Å²) in [6, 6.07) is 18.1. The molecule has 0 saturated carbocycles. The van der Waals surface area contributed by atoms with E-state index in [0.29, 0.717) is 17.9 Å². The topological polar surface area (TPSA) is 90.3 Å². The standard InChI is InChI=1S/C23H25N3O4S/c1-16(2)22-14-21(25-26(22)18-12-13-31(28,29)15-18)23(27)24-17-8-10-20(11-9-17)30-19-6-4-3-5-7-19/h3-11,14,16,18H,12-13,15H2,1-2H3,(H,24,27). The van der Waals surface area contributed by atoms with E-state index in [1.807, 2.05) is 44.2 Å². The van der Waals surface area contributed by atoms with Crippen molar-refractivity contribution in [3.8, 4) is 11.5 Å². The van der Waals surface area contributed by atoms with Gasteiger partial charge in [-0.15, -0.1) is 0 Å². The first-order chi connectivity index (χ1) is 14.8. The third-order valence-corrected chi connectivity index (χ3v) is 6.98. The average molecular weight is 440 g/mol. The Morgan fingerprint density at radius 2 is 1.77 bits per heavy atom. The summed E-state index contributed by atoms with van der Waals surface area (Å²) < 4.78 is 31.3.